The number of methoxy groups -OCH3 is 1. The SMILES string of the molecule is COc1ccc(C)c2c(C(N)=O)c(C)[nH]c12. The second kappa shape index (κ2) is 3.56. The molecule has 1 aromatic carbocycles. The Bertz CT molecular complexity index is 570. The zero-order chi connectivity index (χ0) is 11.9. The molecule has 0 spiro atoms. The van der Waals surface area contributed by atoms with Gasteiger partial charge in [0.05, 0.1) is 18.2 Å². The van der Waals surface area contributed by atoms with E-state index in [1.165, 1.54) is 0 Å². The summed E-state index contributed by atoms with van der Waals surface area (Å²) in [4.78, 5) is 14.6. The Kier molecular flexibility index (Phi) is 2.34. The maximum absolute atomic E-state index is 11.4. The highest BCUT2D eigenvalue weighted by atomic mass is 16.5. The molecule has 0 atom stereocenters. The molecular weight excluding hydrogens is 204 g/mol. The zero-order valence-corrected chi connectivity index (χ0v) is 9.55. The average molecular weight is 218 g/mol. The Labute approximate surface area is 93.4 Å². The second-order valence-corrected chi connectivity index (χ2v) is 3.82. The van der Waals surface area contributed by atoms with E-state index in [1.54, 1.807) is 7.11 Å². The van der Waals surface area contributed by atoms with Gasteiger partial charge in [-0.15, -0.1) is 0 Å². The lowest BCUT2D eigenvalue weighted by Crippen LogP contribution is -2.12. The summed E-state index contributed by atoms with van der Waals surface area (Å²) in [6, 6.07) is 3.79. The van der Waals surface area contributed by atoms with Crippen molar-refractivity contribution in [2.45, 2.75) is 13.8 Å². The number of benzene rings is 1. The van der Waals surface area contributed by atoms with E-state index in [2.05, 4.69) is 4.98 Å². The quantitative estimate of drug-likeness (QED) is 0.808. The van der Waals surface area contributed by atoms with Crippen LogP contribution in [0.2, 0.25) is 0 Å². The molecule has 4 heteroatoms. The Morgan fingerprint density at radius 2 is 2.06 bits per heavy atom. The van der Waals surface area contributed by atoms with Gasteiger partial charge in [0, 0.05) is 11.1 Å². The first-order chi connectivity index (χ1) is 7.56. The molecule has 0 aliphatic carbocycles. The highest BCUT2D eigenvalue weighted by Crippen LogP contribution is 2.31. The van der Waals surface area contributed by atoms with Crippen molar-refractivity contribution < 1.29 is 9.53 Å². The molecule has 0 bridgehead atoms. The normalized spacial score (nSPS) is 10.7. The lowest BCUT2D eigenvalue weighted by Gasteiger charge is -2.04. The predicted molar refractivity (Wildman–Crippen MR) is 62.8 cm³/mol. The van der Waals surface area contributed by atoms with E-state index >= 15 is 0 Å². The number of aromatic nitrogens is 1. The van der Waals surface area contributed by atoms with Crippen LogP contribution in [0.3, 0.4) is 0 Å². The standard InChI is InChI=1S/C12H14N2O2/c1-6-4-5-8(16-3)11-9(6)10(12(13)15)7(2)14-11/h4-5,14H,1-3H3,(H2,13,15). The first-order valence-electron chi connectivity index (χ1n) is 5.02. The highest BCUT2D eigenvalue weighted by molar-refractivity contribution is 6.09. The molecule has 0 saturated carbocycles. The Hall–Kier alpha value is -1.97. The van der Waals surface area contributed by atoms with Crippen LogP contribution in [0.1, 0.15) is 21.6 Å². The van der Waals surface area contributed by atoms with Gasteiger partial charge in [0.1, 0.15) is 5.75 Å². The minimum Gasteiger partial charge on any atom is -0.495 e. The van der Waals surface area contributed by atoms with Crippen LogP contribution >= 0.6 is 0 Å². The molecule has 16 heavy (non-hydrogen) atoms. The molecule has 2 rings (SSSR count). The number of fused-ring (bicyclic) bond motifs is 1. The Balaban J connectivity index is 2.93. The van der Waals surface area contributed by atoms with Crippen molar-refractivity contribution >= 4 is 16.8 Å². The van der Waals surface area contributed by atoms with Gasteiger partial charge in [-0.05, 0) is 25.5 Å². The summed E-state index contributed by atoms with van der Waals surface area (Å²) in [7, 11) is 1.60. The molecule has 2 aromatic rings. The van der Waals surface area contributed by atoms with Crippen LogP contribution in [-0.4, -0.2) is 18.0 Å². The van der Waals surface area contributed by atoms with Crippen LogP contribution in [-0.2, 0) is 0 Å². The van der Waals surface area contributed by atoms with Gasteiger partial charge in [0.15, 0.2) is 0 Å². The number of ether oxygens (including phenoxy) is 1. The smallest absolute Gasteiger partial charge is 0.251 e. The van der Waals surface area contributed by atoms with E-state index in [9.17, 15) is 4.79 Å². The van der Waals surface area contributed by atoms with Crippen molar-refractivity contribution in [1.29, 1.82) is 0 Å². The van der Waals surface area contributed by atoms with E-state index in [1.807, 2.05) is 26.0 Å². The number of primary amides is 1. The third kappa shape index (κ3) is 1.34. The summed E-state index contributed by atoms with van der Waals surface area (Å²) in [6.45, 7) is 3.78. The first-order valence-corrected chi connectivity index (χ1v) is 5.02. The zero-order valence-electron chi connectivity index (χ0n) is 9.55. The van der Waals surface area contributed by atoms with Crippen molar-refractivity contribution in [3.05, 3.63) is 29.0 Å². The van der Waals surface area contributed by atoms with Crippen LogP contribution in [0.5, 0.6) is 5.75 Å². The monoisotopic (exact) mass is 218 g/mol. The van der Waals surface area contributed by atoms with Crippen LogP contribution in [0.15, 0.2) is 12.1 Å². The first kappa shape index (κ1) is 10.5. The Morgan fingerprint density at radius 1 is 1.38 bits per heavy atom. The molecule has 4 nitrogen and oxygen atoms in total. The Morgan fingerprint density at radius 3 is 2.62 bits per heavy atom. The number of nitrogens with two attached hydrogens (primary N) is 1. The van der Waals surface area contributed by atoms with E-state index in [-0.39, 0.29) is 0 Å². The van der Waals surface area contributed by atoms with Gasteiger partial charge >= 0.3 is 0 Å². The number of hydrogen-bond donors (Lipinski definition) is 2. The molecule has 0 aliphatic rings. The van der Waals surface area contributed by atoms with E-state index in [0.29, 0.717) is 5.56 Å². The van der Waals surface area contributed by atoms with Crippen molar-refractivity contribution in [2.24, 2.45) is 5.73 Å². The third-order valence-electron chi connectivity index (χ3n) is 2.78. The summed E-state index contributed by atoms with van der Waals surface area (Å²) >= 11 is 0. The van der Waals surface area contributed by atoms with Gasteiger partial charge in [-0.1, -0.05) is 6.07 Å². The van der Waals surface area contributed by atoms with Crippen LogP contribution in [0.4, 0.5) is 0 Å². The molecule has 0 fully saturated rings. The van der Waals surface area contributed by atoms with Crippen molar-refractivity contribution in [2.75, 3.05) is 7.11 Å². The van der Waals surface area contributed by atoms with Gasteiger partial charge in [-0.25, -0.2) is 0 Å². The maximum atomic E-state index is 11.4. The molecule has 0 unspecified atom stereocenters. The van der Waals surface area contributed by atoms with E-state index in [0.717, 1.165) is 27.9 Å². The summed E-state index contributed by atoms with van der Waals surface area (Å²) in [6.07, 6.45) is 0. The average Bonchev–Trinajstić information content (AvgIpc) is 2.57. The maximum Gasteiger partial charge on any atom is 0.251 e. The minimum atomic E-state index is -0.417. The summed E-state index contributed by atoms with van der Waals surface area (Å²) < 4.78 is 5.25. The fraction of sp³-hybridized carbons (Fsp3) is 0.250. The van der Waals surface area contributed by atoms with Crippen LogP contribution in [0, 0.1) is 13.8 Å². The molecule has 1 aromatic heterocycles. The van der Waals surface area contributed by atoms with Gasteiger partial charge < -0.3 is 15.5 Å². The summed E-state index contributed by atoms with van der Waals surface area (Å²) in [5.41, 5.74) is 8.54. The molecule has 0 radical (unpaired) electrons. The summed E-state index contributed by atoms with van der Waals surface area (Å²) in [5, 5.41) is 0.851. The van der Waals surface area contributed by atoms with Crippen molar-refractivity contribution in [1.82, 2.24) is 4.98 Å². The number of carbonyl (C=O) groups excluding carboxylic acids is 1. The number of aryl methyl sites for hydroxylation is 2. The number of carbonyl (C=O) groups is 1. The third-order valence-corrected chi connectivity index (χ3v) is 2.78. The number of nitrogens with one attached hydrogen (secondary N) is 1. The molecule has 1 amide bonds. The fourth-order valence-corrected chi connectivity index (χ4v) is 2.05. The minimum absolute atomic E-state index is 0.417. The lowest BCUT2D eigenvalue weighted by atomic mass is 10.1. The fourth-order valence-electron chi connectivity index (χ4n) is 2.05. The van der Waals surface area contributed by atoms with Crippen molar-refractivity contribution in [3.8, 4) is 5.75 Å². The van der Waals surface area contributed by atoms with Crippen LogP contribution < -0.4 is 10.5 Å². The summed E-state index contributed by atoms with van der Waals surface area (Å²) in [5.74, 6) is 0.302. The topological polar surface area (TPSA) is 68.1 Å². The number of hydrogen-bond acceptors (Lipinski definition) is 2. The molecular formula is C12H14N2O2. The largest absolute Gasteiger partial charge is 0.495 e. The molecule has 84 valence electrons. The van der Waals surface area contributed by atoms with Crippen molar-refractivity contribution in [3.63, 3.8) is 0 Å². The number of rotatable bonds is 2. The van der Waals surface area contributed by atoms with E-state index < -0.39 is 5.91 Å². The number of H-pyrrole nitrogens is 1. The molecule has 1 heterocycles. The van der Waals surface area contributed by atoms with Gasteiger partial charge in [-0.2, -0.15) is 0 Å². The molecule has 0 aliphatic heterocycles. The van der Waals surface area contributed by atoms with Gasteiger partial charge in [0.25, 0.3) is 5.91 Å². The predicted octanol–water partition coefficient (Wildman–Crippen LogP) is 1.89. The second-order valence-electron chi connectivity index (χ2n) is 3.82. The van der Waals surface area contributed by atoms with Gasteiger partial charge in [0.2, 0.25) is 0 Å². The number of amides is 1. The molecule has 0 saturated heterocycles. The number of aromatic amines is 1. The lowest BCUT2D eigenvalue weighted by molar-refractivity contribution is 0.100. The van der Waals surface area contributed by atoms with E-state index in [4.69, 9.17) is 10.5 Å². The van der Waals surface area contributed by atoms with Gasteiger partial charge in [-0.3, -0.25) is 4.79 Å². The van der Waals surface area contributed by atoms with Crippen LogP contribution in [0.25, 0.3) is 10.9 Å². The highest BCUT2D eigenvalue weighted by Gasteiger charge is 2.17. The molecule has 3 N–H and O–H groups in total.